The van der Waals surface area contributed by atoms with E-state index in [0.29, 0.717) is 14.2 Å². The Bertz CT molecular complexity index is 338. The molecular weight excluding hydrogens is 405 g/mol. The molecule has 1 aromatic carbocycles. The van der Waals surface area contributed by atoms with Crippen LogP contribution in [-0.2, 0) is 0 Å². The van der Waals surface area contributed by atoms with Crippen molar-refractivity contribution in [3.8, 4) is 0 Å². The summed E-state index contributed by atoms with van der Waals surface area (Å²) in [6.45, 7) is 0. The maximum atomic E-state index is 10.6. The van der Waals surface area contributed by atoms with Gasteiger partial charge in [0, 0.05) is 7.14 Å². The van der Waals surface area contributed by atoms with Gasteiger partial charge in [-0.3, -0.25) is 0 Å². The Kier molecular flexibility index (Phi) is 3.59. The highest BCUT2D eigenvalue weighted by Crippen LogP contribution is 2.24. The maximum Gasteiger partial charge on any atom is 0.336 e. The van der Waals surface area contributed by atoms with Crippen LogP contribution in [0.15, 0.2) is 12.1 Å². The lowest BCUT2D eigenvalue weighted by molar-refractivity contribution is 0.0695. The molecule has 0 heterocycles. The normalized spacial score (nSPS) is 9.92. The summed E-state index contributed by atoms with van der Waals surface area (Å²) in [7, 11) is 0. The van der Waals surface area contributed by atoms with Crippen LogP contribution in [0, 0.1) is 7.14 Å². The van der Waals surface area contributed by atoms with Crippen LogP contribution in [0.4, 0.5) is 0 Å². The van der Waals surface area contributed by atoms with E-state index in [2.05, 4.69) is 0 Å². The van der Waals surface area contributed by atoms with Crippen molar-refractivity contribution < 1.29 is 9.90 Å². The van der Waals surface area contributed by atoms with Gasteiger partial charge in [-0.25, -0.2) is 4.79 Å². The summed E-state index contributed by atoms with van der Waals surface area (Å²) in [6.07, 6.45) is 0. The number of hydrogen-bond acceptors (Lipinski definition) is 1. The van der Waals surface area contributed by atoms with Crippen LogP contribution in [0.5, 0.6) is 0 Å². The van der Waals surface area contributed by atoms with Crippen molar-refractivity contribution in [3.05, 3.63) is 29.9 Å². The summed E-state index contributed by atoms with van der Waals surface area (Å²) in [6, 6.07) is 3.21. The summed E-state index contributed by atoms with van der Waals surface area (Å²) in [5.74, 6) is -0.922. The molecule has 0 fully saturated rings. The van der Waals surface area contributed by atoms with E-state index in [1.807, 2.05) is 45.2 Å². The molecule has 0 saturated carbocycles. The molecule has 12 heavy (non-hydrogen) atoms. The Morgan fingerprint density at radius 2 is 1.92 bits per heavy atom. The van der Waals surface area contributed by atoms with Crippen molar-refractivity contribution in [3.63, 3.8) is 0 Å². The van der Waals surface area contributed by atoms with Crippen molar-refractivity contribution in [1.29, 1.82) is 0 Å². The first kappa shape index (κ1) is 10.5. The molecular formula is C7H3ClI2O2. The van der Waals surface area contributed by atoms with Crippen LogP contribution < -0.4 is 0 Å². The fourth-order valence-corrected chi connectivity index (χ4v) is 2.20. The average molecular weight is 408 g/mol. The van der Waals surface area contributed by atoms with Crippen LogP contribution in [-0.4, -0.2) is 11.1 Å². The highest BCUT2D eigenvalue weighted by molar-refractivity contribution is 14.1. The van der Waals surface area contributed by atoms with E-state index in [1.54, 1.807) is 12.1 Å². The number of aromatic carboxylic acids is 1. The number of carboxylic acid groups (broad SMARTS) is 1. The molecule has 0 spiro atoms. The highest BCUT2D eigenvalue weighted by atomic mass is 127. The fourth-order valence-electron chi connectivity index (χ4n) is 0.686. The Morgan fingerprint density at radius 1 is 1.33 bits per heavy atom. The third-order valence-electron chi connectivity index (χ3n) is 1.24. The number of rotatable bonds is 1. The summed E-state index contributed by atoms with van der Waals surface area (Å²) in [5.41, 5.74) is 0.296. The molecule has 0 amide bonds. The Balaban J connectivity index is 3.33. The molecule has 0 unspecified atom stereocenters. The molecule has 0 radical (unpaired) electrons. The van der Waals surface area contributed by atoms with Crippen LogP contribution in [0.25, 0.3) is 0 Å². The number of halogens is 3. The molecule has 0 saturated heterocycles. The zero-order chi connectivity index (χ0) is 9.30. The number of carbonyl (C=O) groups is 1. The van der Waals surface area contributed by atoms with E-state index in [-0.39, 0.29) is 0 Å². The third-order valence-corrected chi connectivity index (χ3v) is 3.66. The lowest BCUT2D eigenvalue weighted by Crippen LogP contribution is -2.00. The zero-order valence-electron chi connectivity index (χ0n) is 5.64. The van der Waals surface area contributed by atoms with Crippen LogP contribution >= 0.6 is 56.8 Å². The fraction of sp³-hybridized carbons (Fsp3) is 0. The van der Waals surface area contributed by atoms with Gasteiger partial charge < -0.3 is 5.11 Å². The number of carboxylic acids is 1. The summed E-state index contributed by atoms with van der Waals surface area (Å²) in [4.78, 5) is 10.6. The third kappa shape index (κ3) is 2.23. The smallest absolute Gasteiger partial charge is 0.336 e. The minimum absolute atomic E-state index is 0.296. The molecule has 0 aliphatic heterocycles. The van der Waals surface area contributed by atoms with Crippen LogP contribution in [0.1, 0.15) is 10.4 Å². The molecule has 0 aliphatic carbocycles. The van der Waals surface area contributed by atoms with Gasteiger partial charge in [0.1, 0.15) is 0 Å². The average Bonchev–Trinajstić information content (AvgIpc) is 1.96. The summed E-state index contributed by atoms with van der Waals surface area (Å²) in [5, 5.41) is 9.32. The molecule has 0 aromatic heterocycles. The van der Waals surface area contributed by atoms with Crippen molar-refractivity contribution in [2.75, 3.05) is 0 Å². The molecule has 0 atom stereocenters. The van der Waals surface area contributed by atoms with E-state index < -0.39 is 5.97 Å². The van der Waals surface area contributed by atoms with Crippen molar-refractivity contribution in [2.24, 2.45) is 0 Å². The van der Waals surface area contributed by atoms with Gasteiger partial charge in [0.05, 0.1) is 10.6 Å². The van der Waals surface area contributed by atoms with E-state index in [4.69, 9.17) is 16.7 Å². The van der Waals surface area contributed by atoms with E-state index in [0.717, 1.165) is 3.57 Å². The van der Waals surface area contributed by atoms with Crippen molar-refractivity contribution >= 4 is 62.8 Å². The Morgan fingerprint density at radius 3 is 2.42 bits per heavy atom. The van der Waals surface area contributed by atoms with Crippen molar-refractivity contribution in [2.45, 2.75) is 0 Å². The second kappa shape index (κ2) is 4.10. The first-order valence-corrected chi connectivity index (χ1v) is 5.43. The lowest BCUT2D eigenvalue weighted by atomic mass is 10.2. The van der Waals surface area contributed by atoms with Gasteiger partial charge in [0.25, 0.3) is 0 Å². The highest BCUT2D eigenvalue weighted by Gasteiger charge is 2.10. The quantitative estimate of drug-likeness (QED) is 0.572. The molecule has 1 N–H and O–H groups in total. The van der Waals surface area contributed by atoms with E-state index >= 15 is 0 Å². The molecule has 64 valence electrons. The number of hydrogen-bond donors (Lipinski definition) is 1. The predicted molar refractivity (Wildman–Crippen MR) is 63.8 cm³/mol. The van der Waals surface area contributed by atoms with Gasteiger partial charge >= 0.3 is 5.97 Å². The van der Waals surface area contributed by atoms with Gasteiger partial charge in [-0.2, -0.15) is 0 Å². The van der Waals surface area contributed by atoms with Gasteiger partial charge in [0.15, 0.2) is 0 Å². The molecule has 1 aromatic rings. The molecule has 2 nitrogen and oxygen atoms in total. The molecule has 0 aliphatic rings. The minimum atomic E-state index is -0.922. The standard InChI is InChI=1S/C7H3ClI2O2/c8-4-2-5(9)3(7(11)12)1-6(4)10/h1-2H,(H,11,12). The first-order chi connectivity index (χ1) is 5.52. The number of benzene rings is 1. The Labute approximate surface area is 102 Å². The largest absolute Gasteiger partial charge is 0.478 e. The van der Waals surface area contributed by atoms with Crippen molar-refractivity contribution in [1.82, 2.24) is 0 Å². The molecule has 0 bridgehead atoms. The SMILES string of the molecule is O=C(O)c1cc(I)c(Cl)cc1I. The van der Waals surface area contributed by atoms with Gasteiger partial charge in [-0.1, -0.05) is 11.6 Å². The molecule has 1 rings (SSSR count). The topological polar surface area (TPSA) is 37.3 Å². The second-order valence-electron chi connectivity index (χ2n) is 2.05. The van der Waals surface area contributed by atoms with Crippen LogP contribution in [0.3, 0.4) is 0 Å². The molecule has 5 heteroatoms. The summed E-state index contributed by atoms with van der Waals surface area (Å²) >= 11 is 9.74. The van der Waals surface area contributed by atoms with E-state index in [1.165, 1.54) is 0 Å². The van der Waals surface area contributed by atoms with Gasteiger partial charge in [0.2, 0.25) is 0 Å². The zero-order valence-corrected chi connectivity index (χ0v) is 10.7. The Hall–Kier alpha value is 0.440. The van der Waals surface area contributed by atoms with Gasteiger partial charge in [-0.05, 0) is 57.3 Å². The lowest BCUT2D eigenvalue weighted by Gasteiger charge is -2.01. The predicted octanol–water partition coefficient (Wildman–Crippen LogP) is 3.25. The summed E-state index contributed by atoms with van der Waals surface area (Å²) < 4.78 is 1.41. The van der Waals surface area contributed by atoms with E-state index in [9.17, 15) is 4.79 Å². The monoisotopic (exact) mass is 408 g/mol. The minimum Gasteiger partial charge on any atom is -0.478 e. The first-order valence-electron chi connectivity index (χ1n) is 2.90. The van der Waals surface area contributed by atoms with Gasteiger partial charge in [-0.15, -0.1) is 0 Å². The second-order valence-corrected chi connectivity index (χ2v) is 4.78. The maximum absolute atomic E-state index is 10.6. The van der Waals surface area contributed by atoms with Crippen LogP contribution in [0.2, 0.25) is 5.02 Å².